The van der Waals surface area contributed by atoms with Gasteiger partial charge in [0.15, 0.2) is 12.2 Å². The molecule has 2 rings (SSSR count). The van der Waals surface area contributed by atoms with Crippen LogP contribution < -0.4 is 10.6 Å². The van der Waals surface area contributed by atoms with Gasteiger partial charge in [-0.1, -0.05) is 58.0 Å². The van der Waals surface area contributed by atoms with Gasteiger partial charge in [0, 0.05) is 20.5 Å². The number of carbonyl (C=O) groups excluding carboxylic acids is 6. The zero-order valence-corrected chi connectivity index (χ0v) is 26.6. The van der Waals surface area contributed by atoms with Crippen molar-refractivity contribution in [2.45, 2.75) is 97.7 Å². The predicted octanol–water partition coefficient (Wildman–Crippen LogP) is 1.45. The van der Waals surface area contributed by atoms with Crippen molar-refractivity contribution < 1.29 is 38.2 Å². The summed E-state index contributed by atoms with van der Waals surface area (Å²) in [6, 6.07) is 4.67. The molecule has 1 aromatic carbocycles. The van der Waals surface area contributed by atoms with Crippen LogP contribution in [0.5, 0.6) is 0 Å². The van der Waals surface area contributed by atoms with Crippen LogP contribution in [0.25, 0.3) is 0 Å². The Bertz CT molecular complexity index is 1170. The van der Waals surface area contributed by atoms with Gasteiger partial charge in [0.05, 0.1) is 0 Å². The molecule has 1 heterocycles. The van der Waals surface area contributed by atoms with Crippen LogP contribution in [0, 0.1) is 11.8 Å². The lowest BCUT2D eigenvalue weighted by Crippen LogP contribution is -2.57. The van der Waals surface area contributed by atoms with Gasteiger partial charge in [0.2, 0.25) is 11.8 Å². The van der Waals surface area contributed by atoms with Crippen LogP contribution in [-0.4, -0.2) is 95.8 Å². The minimum absolute atomic E-state index is 0.0563. The highest BCUT2D eigenvalue weighted by Gasteiger charge is 2.38. The van der Waals surface area contributed by atoms with Gasteiger partial charge < -0.3 is 29.9 Å². The summed E-state index contributed by atoms with van der Waals surface area (Å²) in [5, 5.41) is 5.19. The highest BCUT2D eigenvalue weighted by molar-refractivity contribution is 5.95. The molecular formula is C31H46N4O8. The van der Waals surface area contributed by atoms with Crippen LogP contribution >= 0.6 is 0 Å². The minimum atomic E-state index is -1.26. The lowest BCUT2D eigenvalue weighted by atomic mass is 10.0. The summed E-state index contributed by atoms with van der Waals surface area (Å²) in [6.45, 7) is 11.4. The Morgan fingerprint density at radius 1 is 0.744 bits per heavy atom. The number of amides is 4. The second kappa shape index (κ2) is 15.5. The summed E-state index contributed by atoms with van der Waals surface area (Å²) in [7, 11) is 2.84. The van der Waals surface area contributed by atoms with E-state index in [4.69, 9.17) is 9.47 Å². The quantitative estimate of drug-likeness (QED) is 0.481. The molecule has 12 nitrogen and oxygen atoms in total. The average molecular weight is 603 g/mol. The molecule has 0 aromatic heterocycles. The van der Waals surface area contributed by atoms with Crippen LogP contribution in [0.4, 0.5) is 0 Å². The van der Waals surface area contributed by atoms with E-state index in [2.05, 4.69) is 10.6 Å². The highest BCUT2D eigenvalue weighted by atomic mass is 16.6. The number of carbonyl (C=O) groups is 6. The number of esters is 2. The first-order valence-corrected chi connectivity index (χ1v) is 14.6. The second-order valence-corrected chi connectivity index (χ2v) is 11.9. The zero-order valence-electron chi connectivity index (χ0n) is 26.6. The van der Waals surface area contributed by atoms with Crippen molar-refractivity contribution in [3.8, 4) is 0 Å². The van der Waals surface area contributed by atoms with Crippen molar-refractivity contribution in [2.24, 2.45) is 11.8 Å². The fourth-order valence-electron chi connectivity index (χ4n) is 4.59. The molecule has 0 unspecified atom stereocenters. The Balaban J connectivity index is 2.55. The number of cyclic esters (lactones) is 2. The number of hydrogen-bond acceptors (Lipinski definition) is 8. The minimum Gasteiger partial charge on any atom is -0.451 e. The average Bonchev–Trinajstić information content (AvgIpc) is 2.95. The van der Waals surface area contributed by atoms with E-state index in [1.807, 2.05) is 32.0 Å². The molecule has 6 atom stereocenters. The summed E-state index contributed by atoms with van der Waals surface area (Å²) < 4.78 is 11.1. The van der Waals surface area contributed by atoms with E-state index in [0.29, 0.717) is 0 Å². The van der Waals surface area contributed by atoms with Crippen LogP contribution in [-0.2, 0) is 44.7 Å². The number of nitrogens with one attached hydrogen (secondary N) is 2. The van der Waals surface area contributed by atoms with E-state index in [1.54, 1.807) is 26.0 Å². The monoisotopic (exact) mass is 602 g/mol. The van der Waals surface area contributed by atoms with E-state index >= 15 is 0 Å². The predicted molar refractivity (Wildman–Crippen MR) is 158 cm³/mol. The number of nitrogens with zero attached hydrogens (tertiary/aromatic N) is 2. The molecule has 12 heteroatoms. The smallest absolute Gasteiger partial charge is 0.329 e. The van der Waals surface area contributed by atoms with Gasteiger partial charge in [-0.15, -0.1) is 0 Å². The van der Waals surface area contributed by atoms with Gasteiger partial charge in [0.25, 0.3) is 11.8 Å². The molecule has 1 aliphatic heterocycles. The topological polar surface area (TPSA) is 151 Å². The zero-order chi connectivity index (χ0) is 32.6. The largest absolute Gasteiger partial charge is 0.451 e. The Labute approximate surface area is 253 Å². The Morgan fingerprint density at radius 2 is 1.33 bits per heavy atom. The Kier molecular flexibility index (Phi) is 12.7. The maximum absolute atomic E-state index is 13.8. The molecule has 0 aliphatic carbocycles. The van der Waals surface area contributed by atoms with Crippen LogP contribution in [0.3, 0.4) is 0 Å². The molecule has 0 saturated carbocycles. The maximum atomic E-state index is 13.8. The highest BCUT2D eigenvalue weighted by Crippen LogP contribution is 2.18. The number of ether oxygens (including phenoxy) is 2. The van der Waals surface area contributed by atoms with Crippen LogP contribution in [0.15, 0.2) is 30.3 Å². The van der Waals surface area contributed by atoms with Crippen molar-refractivity contribution >= 4 is 35.6 Å². The molecule has 43 heavy (non-hydrogen) atoms. The molecule has 0 radical (unpaired) electrons. The van der Waals surface area contributed by atoms with Gasteiger partial charge in [-0.2, -0.15) is 0 Å². The first-order valence-electron chi connectivity index (χ1n) is 14.6. The molecule has 0 spiro atoms. The fraction of sp³-hybridized carbons (Fsp3) is 0.613. The number of benzene rings is 1. The molecular weight excluding hydrogens is 556 g/mol. The first-order chi connectivity index (χ1) is 20.0. The van der Waals surface area contributed by atoms with Gasteiger partial charge in [0.1, 0.15) is 24.2 Å². The van der Waals surface area contributed by atoms with Gasteiger partial charge in [-0.3, -0.25) is 19.2 Å². The Morgan fingerprint density at radius 3 is 1.88 bits per heavy atom. The van der Waals surface area contributed by atoms with Crippen molar-refractivity contribution in [1.82, 2.24) is 20.4 Å². The van der Waals surface area contributed by atoms with Crippen molar-refractivity contribution in [2.75, 3.05) is 14.1 Å². The van der Waals surface area contributed by atoms with E-state index in [9.17, 15) is 28.8 Å². The normalized spacial score (nSPS) is 27.3. The van der Waals surface area contributed by atoms with Crippen molar-refractivity contribution in [3.05, 3.63) is 35.9 Å². The lowest BCUT2D eigenvalue weighted by Gasteiger charge is -2.33. The third-order valence-electron chi connectivity index (χ3n) is 7.43. The molecule has 1 aliphatic rings. The maximum Gasteiger partial charge on any atom is 0.329 e. The van der Waals surface area contributed by atoms with E-state index < -0.39 is 77.9 Å². The molecule has 1 saturated heterocycles. The summed E-state index contributed by atoms with van der Waals surface area (Å²) in [4.78, 5) is 82.3. The molecule has 1 aromatic rings. The summed E-state index contributed by atoms with van der Waals surface area (Å²) in [6.07, 6.45) is -2.21. The molecule has 1 fully saturated rings. The van der Waals surface area contributed by atoms with E-state index in [1.165, 1.54) is 39.8 Å². The third kappa shape index (κ3) is 9.52. The first kappa shape index (κ1) is 35.2. The van der Waals surface area contributed by atoms with Gasteiger partial charge >= 0.3 is 11.9 Å². The van der Waals surface area contributed by atoms with Gasteiger partial charge in [-0.05, 0) is 44.6 Å². The number of rotatable bonds is 5. The summed E-state index contributed by atoms with van der Waals surface area (Å²) in [5.74, 6) is -4.69. The Hall–Kier alpha value is -3.96. The van der Waals surface area contributed by atoms with E-state index in [0.717, 1.165) is 10.5 Å². The summed E-state index contributed by atoms with van der Waals surface area (Å²) >= 11 is 0. The number of hydrogen-bond donors (Lipinski definition) is 2. The third-order valence-corrected chi connectivity index (χ3v) is 7.43. The summed E-state index contributed by atoms with van der Waals surface area (Å²) in [5.41, 5.74) is 0.769. The molecule has 238 valence electrons. The van der Waals surface area contributed by atoms with Crippen LogP contribution in [0.1, 0.15) is 60.5 Å². The number of likely N-dealkylation sites (N-methyl/N-ethyl adjacent to an activating group) is 2. The molecule has 0 bridgehead atoms. The second-order valence-electron chi connectivity index (χ2n) is 11.9. The molecule has 4 amide bonds. The van der Waals surface area contributed by atoms with Gasteiger partial charge in [-0.25, -0.2) is 9.59 Å². The van der Waals surface area contributed by atoms with Crippen molar-refractivity contribution in [3.63, 3.8) is 0 Å². The van der Waals surface area contributed by atoms with Crippen LogP contribution in [0.2, 0.25) is 0 Å². The fourth-order valence-corrected chi connectivity index (χ4v) is 4.59. The lowest BCUT2D eigenvalue weighted by molar-refractivity contribution is -0.168. The standard InChI is InChI=1S/C31H46N4O8/c1-17(2)15-24-29(39)35(9)23(16-22-13-11-10-12-14-22)26(36)32-19(5)28(38)34(8)21(7)31(41)43-25(18(3)4)27(37)33-20(6)30(40)42-24/h10-14,17-21,23-25H,15-16H2,1-9H3,(H,32,36)(H,33,37)/t19-,20+,21+,23-,24+,25+/m1/s1. The van der Waals surface area contributed by atoms with Crippen molar-refractivity contribution in [1.29, 1.82) is 0 Å². The SMILES string of the molecule is CC(C)C[C@@H]1OC(=O)[C@H](C)NC(=O)[C@H](C(C)C)OC(=O)[C@H](C)N(C)C(=O)[C@@H](C)NC(=O)[C@@H](Cc2ccccc2)N(C)C1=O. The van der Waals surface area contributed by atoms with E-state index in [-0.39, 0.29) is 18.8 Å². The molecule has 2 N–H and O–H groups in total.